The number of methoxy groups -OCH3 is 1. The number of rotatable bonds is 7. The molecular weight excluding hydrogens is 639 g/mol. The highest BCUT2D eigenvalue weighted by Crippen LogP contribution is 2.36. The number of β-amino-alcohol motifs (C(OH)–C–C–N with tert-alkyl or cyclic N) is 1. The number of halogens is 4. The van der Waals surface area contributed by atoms with E-state index in [-0.39, 0.29) is 17.8 Å². The molecule has 1 aromatic heterocycles. The highest BCUT2D eigenvalue weighted by Gasteiger charge is 2.52. The Labute approximate surface area is 253 Å². The van der Waals surface area contributed by atoms with Crippen molar-refractivity contribution in [2.75, 3.05) is 31.7 Å². The Morgan fingerprint density at radius 1 is 1.21 bits per heavy atom. The average molecular weight is 670 g/mol. The molecule has 5 rings (SSSR count). The Morgan fingerprint density at radius 2 is 1.93 bits per heavy atom. The zero-order valence-electron chi connectivity index (χ0n) is 23.2. The quantitative estimate of drug-likeness (QED) is 0.277. The van der Waals surface area contributed by atoms with Crippen LogP contribution in [0.25, 0.3) is 11.3 Å². The van der Waals surface area contributed by atoms with Gasteiger partial charge in [0.25, 0.3) is 5.91 Å². The number of ether oxygens (including phenoxy) is 2. The molecule has 3 aromatic rings. The van der Waals surface area contributed by atoms with Crippen LogP contribution in [0.3, 0.4) is 0 Å². The normalized spacial score (nSPS) is 27.7. The van der Waals surface area contributed by atoms with E-state index in [1.807, 2.05) is 13.0 Å². The monoisotopic (exact) mass is 669 g/mol. The third kappa shape index (κ3) is 6.20. The molecule has 11 nitrogen and oxygen atoms in total. The molecule has 0 radical (unpaired) electrons. The molecule has 1 amide bonds. The number of aliphatic hydroxyl groups is 3. The van der Waals surface area contributed by atoms with Crippen molar-refractivity contribution in [3.05, 3.63) is 64.0 Å². The minimum Gasteiger partial charge on any atom is -0.394 e. The molecule has 4 N–H and O–H groups in total. The van der Waals surface area contributed by atoms with Crippen LogP contribution in [-0.2, 0) is 14.3 Å². The summed E-state index contributed by atoms with van der Waals surface area (Å²) in [7, 11) is 1.31. The van der Waals surface area contributed by atoms with E-state index >= 15 is 0 Å². The van der Waals surface area contributed by atoms with Gasteiger partial charge in [0.15, 0.2) is 23.6 Å². The number of anilines is 1. The van der Waals surface area contributed by atoms with Crippen molar-refractivity contribution >= 4 is 27.5 Å². The topological polar surface area (TPSA) is 142 Å². The number of benzene rings is 2. The molecule has 232 valence electrons. The van der Waals surface area contributed by atoms with Gasteiger partial charge in [0, 0.05) is 29.4 Å². The van der Waals surface area contributed by atoms with Gasteiger partial charge < -0.3 is 35.0 Å². The molecule has 0 unspecified atom stereocenters. The Kier molecular flexibility index (Phi) is 9.51. The predicted octanol–water partition coefficient (Wildman–Crippen LogP) is 1.87. The number of aliphatic hydroxyl groups excluding tert-OH is 3. The van der Waals surface area contributed by atoms with E-state index in [1.165, 1.54) is 18.2 Å². The average Bonchev–Trinajstić information content (AvgIpc) is 3.45. The molecule has 2 saturated heterocycles. The van der Waals surface area contributed by atoms with Crippen molar-refractivity contribution in [1.29, 1.82) is 0 Å². The lowest BCUT2D eigenvalue weighted by Gasteiger charge is -2.46. The number of hydrogen-bond acceptors (Lipinski definition) is 9. The van der Waals surface area contributed by atoms with E-state index in [9.17, 15) is 33.3 Å². The molecule has 0 saturated carbocycles. The number of aryl methyl sites for hydroxylation is 1. The number of piperidine rings is 1. The van der Waals surface area contributed by atoms with Gasteiger partial charge in [0.05, 0.1) is 24.9 Å². The molecule has 2 aliphatic rings. The minimum atomic E-state index is -1.63. The number of carbonyl (C=O) groups excluding carboxylic acids is 1. The Balaban J connectivity index is 1.55. The maximum atomic E-state index is 14.5. The Morgan fingerprint density at radius 3 is 2.56 bits per heavy atom. The molecule has 43 heavy (non-hydrogen) atoms. The van der Waals surface area contributed by atoms with Crippen molar-refractivity contribution < 1.29 is 42.8 Å². The van der Waals surface area contributed by atoms with Gasteiger partial charge in [-0.3, -0.25) is 4.79 Å². The summed E-state index contributed by atoms with van der Waals surface area (Å²) in [5, 5.41) is 43.3. The molecule has 15 heteroatoms. The number of carbonyl (C=O) groups is 1. The molecule has 2 aliphatic heterocycles. The van der Waals surface area contributed by atoms with Crippen molar-refractivity contribution in [3.63, 3.8) is 0 Å². The molecule has 2 fully saturated rings. The summed E-state index contributed by atoms with van der Waals surface area (Å²) in [5.41, 5.74) is 1.19. The third-order valence-corrected chi connectivity index (χ3v) is 8.22. The second-order valence-corrected chi connectivity index (χ2v) is 11.5. The smallest absolute Gasteiger partial charge is 0.259 e. The largest absolute Gasteiger partial charge is 0.394 e. The van der Waals surface area contributed by atoms with Gasteiger partial charge >= 0.3 is 0 Å². The summed E-state index contributed by atoms with van der Waals surface area (Å²) in [5.74, 6) is -5.06. The highest BCUT2D eigenvalue weighted by molar-refractivity contribution is 9.10. The molecule has 0 aliphatic carbocycles. The lowest BCUT2D eigenvalue weighted by molar-refractivity contribution is -0.211. The van der Waals surface area contributed by atoms with Crippen LogP contribution in [0.4, 0.5) is 18.9 Å². The second-order valence-electron chi connectivity index (χ2n) is 10.6. The summed E-state index contributed by atoms with van der Waals surface area (Å²) in [6.07, 6.45) is -4.54. The number of aromatic nitrogens is 3. The van der Waals surface area contributed by atoms with E-state index in [4.69, 9.17) is 9.47 Å². The fourth-order valence-corrected chi connectivity index (χ4v) is 6.32. The Bertz CT molecular complexity index is 1440. The van der Waals surface area contributed by atoms with Gasteiger partial charge in [-0.25, -0.2) is 17.9 Å². The maximum Gasteiger partial charge on any atom is 0.259 e. The lowest BCUT2D eigenvalue weighted by atomic mass is 9.90. The minimum absolute atomic E-state index is 0.0427. The highest BCUT2D eigenvalue weighted by atomic mass is 79.9. The molecule has 0 spiro atoms. The number of amides is 1. The summed E-state index contributed by atoms with van der Waals surface area (Å²) >= 11 is 3.47. The fourth-order valence-electron chi connectivity index (χ4n) is 5.72. The first-order valence-corrected chi connectivity index (χ1v) is 14.4. The summed E-state index contributed by atoms with van der Waals surface area (Å²) < 4.78 is 54.9. The zero-order chi connectivity index (χ0) is 31.0. The molecule has 2 aromatic carbocycles. The van der Waals surface area contributed by atoms with Crippen LogP contribution in [0.5, 0.6) is 0 Å². The van der Waals surface area contributed by atoms with Crippen LogP contribution in [-0.4, -0.2) is 99.6 Å². The number of hydrogen-bond donors (Lipinski definition) is 4. The standard InChI is InChI=1S/C28H31BrF3N5O6/c1-13-5-15(29)9-16(6-13)37(20-3-4-33-10-21(20)39)28(41)27-26(42-2)24(25(40)22(12-38)43-27)36-11-19(34-35-36)14-7-17(30)23(32)18(31)8-14/h5-9,11,20-22,24-27,33,38-40H,3-4,10,12H2,1-2H3/t20-,21-,22+,24-,25-,26+,27+/m0/s1. The van der Waals surface area contributed by atoms with Crippen LogP contribution in [0.1, 0.15) is 18.0 Å². The van der Waals surface area contributed by atoms with Crippen molar-refractivity contribution in [1.82, 2.24) is 20.3 Å². The Hall–Kier alpha value is -2.92. The van der Waals surface area contributed by atoms with E-state index < -0.39 is 72.6 Å². The number of nitrogens with zero attached hydrogens (tertiary/aromatic N) is 4. The fraction of sp³-hybridized carbons (Fsp3) is 0.464. The maximum absolute atomic E-state index is 14.5. The summed E-state index contributed by atoms with van der Waals surface area (Å²) in [6, 6.07) is 5.12. The van der Waals surface area contributed by atoms with Crippen LogP contribution in [0, 0.1) is 24.4 Å². The molecule has 3 heterocycles. The first-order chi connectivity index (χ1) is 20.5. The van der Waals surface area contributed by atoms with E-state index in [0.717, 1.165) is 22.4 Å². The molecular formula is C28H31BrF3N5O6. The van der Waals surface area contributed by atoms with E-state index in [2.05, 4.69) is 31.6 Å². The predicted molar refractivity (Wildman–Crippen MR) is 151 cm³/mol. The van der Waals surface area contributed by atoms with Crippen LogP contribution in [0.2, 0.25) is 0 Å². The van der Waals surface area contributed by atoms with Gasteiger partial charge in [0.2, 0.25) is 0 Å². The first-order valence-electron chi connectivity index (χ1n) is 13.6. The van der Waals surface area contributed by atoms with Gasteiger partial charge in [-0.2, -0.15) is 0 Å². The first kappa shape index (κ1) is 31.5. The summed E-state index contributed by atoms with van der Waals surface area (Å²) in [4.78, 5) is 15.9. The van der Waals surface area contributed by atoms with Gasteiger partial charge in [-0.1, -0.05) is 21.1 Å². The van der Waals surface area contributed by atoms with Crippen molar-refractivity contribution in [2.45, 2.75) is 55.9 Å². The van der Waals surface area contributed by atoms with Gasteiger partial charge in [0.1, 0.15) is 30.0 Å². The van der Waals surface area contributed by atoms with E-state index in [1.54, 1.807) is 12.1 Å². The summed E-state index contributed by atoms with van der Waals surface area (Å²) in [6.45, 7) is 2.00. The SMILES string of the molecule is CO[C@@H]1[C@@H](n2cc(-c3cc(F)c(F)c(F)c3)nn2)[C@@H](O)[C@@H](CO)O[C@H]1C(=O)N(c1cc(C)cc(Br)c1)[C@H]1CCNC[C@@H]1O. The van der Waals surface area contributed by atoms with Crippen molar-refractivity contribution in [2.24, 2.45) is 0 Å². The van der Waals surface area contributed by atoms with Gasteiger partial charge in [-0.15, -0.1) is 5.10 Å². The third-order valence-electron chi connectivity index (χ3n) is 7.77. The molecule has 0 bridgehead atoms. The van der Waals surface area contributed by atoms with Crippen molar-refractivity contribution in [3.8, 4) is 11.3 Å². The van der Waals surface area contributed by atoms with Gasteiger partial charge in [-0.05, 0) is 55.8 Å². The van der Waals surface area contributed by atoms with E-state index in [0.29, 0.717) is 23.1 Å². The van der Waals surface area contributed by atoms with Crippen LogP contribution < -0.4 is 10.2 Å². The van der Waals surface area contributed by atoms with Crippen LogP contribution >= 0.6 is 15.9 Å². The lowest BCUT2D eigenvalue weighted by Crippen LogP contribution is -2.64. The second kappa shape index (κ2) is 13.0. The van der Waals surface area contributed by atoms with Crippen LogP contribution in [0.15, 0.2) is 41.0 Å². The number of nitrogens with one attached hydrogen (secondary N) is 1. The zero-order valence-corrected chi connectivity index (χ0v) is 24.8. The molecule has 7 atom stereocenters.